The highest BCUT2D eigenvalue weighted by Gasteiger charge is 2.65. The van der Waals surface area contributed by atoms with Gasteiger partial charge in [0.05, 0.1) is 33.2 Å². The summed E-state index contributed by atoms with van der Waals surface area (Å²) >= 11 is 0. The van der Waals surface area contributed by atoms with Crippen LogP contribution in [-0.4, -0.2) is 82.1 Å². The van der Waals surface area contributed by atoms with Crippen molar-refractivity contribution in [3.63, 3.8) is 0 Å². The molecule has 0 saturated carbocycles. The van der Waals surface area contributed by atoms with E-state index in [9.17, 15) is 24.3 Å². The minimum atomic E-state index is -2.03. The molecule has 0 spiro atoms. The number of nitrogens with zero attached hydrogens (tertiary/aromatic N) is 3. The van der Waals surface area contributed by atoms with Gasteiger partial charge in [0.25, 0.3) is 17.7 Å². The SMILES string of the molecule is CN(C)C/C=C/C(=O)NCCCNC(=O)[C@@]1(O)CC2O[C@]1(C)n1c3ccccc3c3c4c(c5c6ccccc6n2c5c31)C(=O)NC4=O. The van der Waals surface area contributed by atoms with Crippen LogP contribution in [0.1, 0.15) is 46.7 Å². The Bertz CT molecular complexity index is 2250. The molecule has 1 saturated heterocycles. The smallest absolute Gasteiger partial charge is 0.259 e. The number of amides is 4. The molecule has 5 heterocycles. The molecule has 3 atom stereocenters. The molecule has 2 aromatic heterocycles. The fraction of sp³-hybridized carbons (Fsp3) is 0.314. The number of carbonyl (C=O) groups is 4. The van der Waals surface area contributed by atoms with Gasteiger partial charge in [-0.15, -0.1) is 0 Å². The third-order valence-electron chi connectivity index (χ3n) is 9.81. The first-order chi connectivity index (χ1) is 22.6. The Morgan fingerprint density at radius 2 is 1.60 bits per heavy atom. The standard InChI is InChI=1S/C35H34N6O6/c1-34-35(46,33(45)37-16-9-15-36-23(42)14-8-17-39(2)3)18-24(47-34)40-21-12-6-4-10-19(21)25-27-28(32(44)38-31(27)43)26-20-11-5-7-13-22(20)41(34)30(26)29(25)40/h4-8,10-14,24,46H,9,15-18H2,1-3H3,(H,36,42)(H,37,45)(H,38,43,44)/b14-8+/t24?,34-,35-/m0/s1. The lowest BCUT2D eigenvalue weighted by molar-refractivity contribution is -0.187. The Labute approximate surface area is 268 Å². The molecule has 1 unspecified atom stereocenters. The Hall–Kier alpha value is -5.04. The number of hydrogen-bond acceptors (Lipinski definition) is 7. The number of fused-ring (bicyclic) bond motifs is 13. The molecular weight excluding hydrogens is 600 g/mol. The molecule has 12 nitrogen and oxygen atoms in total. The van der Waals surface area contributed by atoms with Gasteiger partial charge in [-0.3, -0.25) is 24.5 Å². The highest BCUT2D eigenvalue weighted by Crippen LogP contribution is 2.57. The van der Waals surface area contributed by atoms with Crippen molar-refractivity contribution in [2.45, 2.75) is 37.3 Å². The van der Waals surface area contributed by atoms with Crippen LogP contribution >= 0.6 is 0 Å². The molecular formula is C35H34N6O6. The molecule has 240 valence electrons. The number of carbonyl (C=O) groups excluding carboxylic acids is 4. The molecule has 5 aromatic rings. The average Bonchev–Trinajstić information content (AvgIpc) is 3.71. The third-order valence-corrected chi connectivity index (χ3v) is 9.81. The zero-order valence-corrected chi connectivity index (χ0v) is 26.2. The highest BCUT2D eigenvalue weighted by atomic mass is 16.6. The van der Waals surface area contributed by atoms with Gasteiger partial charge in [0.2, 0.25) is 5.91 Å². The number of imide groups is 1. The summed E-state index contributed by atoms with van der Waals surface area (Å²) in [5.41, 5.74) is -0.284. The Kier molecular flexibility index (Phi) is 6.39. The van der Waals surface area contributed by atoms with Crippen LogP contribution in [0.2, 0.25) is 0 Å². The van der Waals surface area contributed by atoms with E-state index in [4.69, 9.17) is 4.74 Å². The lowest BCUT2D eigenvalue weighted by Gasteiger charge is -2.38. The number of likely N-dealkylation sites (N-methyl/N-ethyl adjacent to an activating group) is 1. The van der Waals surface area contributed by atoms with Crippen molar-refractivity contribution < 1.29 is 29.0 Å². The zero-order valence-electron chi connectivity index (χ0n) is 26.2. The van der Waals surface area contributed by atoms with E-state index >= 15 is 0 Å². The van der Waals surface area contributed by atoms with E-state index < -0.39 is 35.3 Å². The average molecular weight is 635 g/mol. The Morgan fingerprint density at radius 3 is 2.30 bits per heavy atom. The number of rotatable bonds is 8. The van der Waals surface area contributed by atoms with Crippen LogP contribution in [0.3, 0.4) is 0 Å². The van der Waals surface area contributed by atoms with Crippen LogP contribution in [0.4, 0.5) is 0 Å². The van der Waals surface area contributed by atoms with Crippen molar-refractivity contribution in [3.05, 3.63) is 71.8 Å². The minimum Gasteiger partial charge on any atom is -0.376 e. The van der Waals surface area contributed by atoms with Gasteiger partial charge >= 0.3 is 0 Å². The summed E-state index contributed by atoms with van der Waals surface area (Å²) in [4.78, 5) is 55.0. The maximum Gasteiger partial charge on any atom is 0.259 e. The fourth-order valence-corrected chi connectivity index (χ4v) is 7.75. The maximum atomic E-state index is 14.1. The van der Waals surface area contributed by atoms with Crippen molar-refractivity contribution >= 4 is 67.2 Å². The quantitative estimate of drug-likeness (QED) is 0.117. The second-order valence-electron chi connectivity index (χ2n) is 12.9. The number of aliphatic hydroxyl groups is 1. The number of benzene rings is 3. The van der Waals surface area contributed by atoms with Crippen molar-refractivity contribution in [3.8, 4) is 0 Å². The second kappa shape index (κ2) is 10.2. The summed E-state index contributed by atoms with van der Waals surface area (Å²) in [6, 6.07) is 15.1. The largest absolute Gasteiger partial charge is 0.376 e. The molecule has 3 aromatic carbocycles. The van der Waals surface area contributed by atoms with Gasteiger partial charge in [-0.1, -0.05) is 42.5 Å². The van der Waals surface area contributed by atoms with Gasteiger partial charge in [0.15, 0.2) is 11.3 Å². The van der Waals surface area contributed by atoms with E-state index in [0.717, 1.165) is 10.9 Å². The molecule has 3 aliphatic rings. The first kappa shape index (κ1) is 29.4. The summed E-state index contributed by atoms with van der Waals surface area (Å²) in [7, 11) is 3.83. The van der Waals surface area contributed by atoms with Crippen LogP contribution < -0.4 is 16.0 Å². The Balaban J connectivity index is 1.24. The molecule has 2 bridgehead atoms. The van der Waals surface area contributed by atoms with Gasteiger partial charge in [-0.2, -0.15) is 0 Å². The van der Waals surface area contributed by atoms with Crippen LogP contribution in [0.25, 0.3) is 43.6 Å². The summed E-state index contributed by atoms with van der Waals surface area (Å²) in [5.74, 6) is -1.76. The molecule has 3 aliphatic heterocycles. The third kappa shape index (κ3) is 3.92. The predicted octanol–water partition coefficient (Wildman–Crippen LogP) is 2.86. The molecule has 1 fully saturated rings. The van der Waals surface area contributed by atoms with Crippen molar-refractivity contribution in [1.82, 2.24) is 30.0 Å². The molecule has 8 rings (SSSR count). The van der Waals surface area contributed by atoms with Gasteiger partial charge in [-0.25, -0.2) is 0 Å². The molecule has 0 radical (unpaired) electrons. The summed E-state index contributed by atoms with van der Waals surface area (Å²) in [6.45, 7) is 2.91. The van der Waals surface area contributed by atoms with Crippen molar-refractivity contribution in [2.24, 2.45) is 0 Å². The van der Waals surface area contributed by atoms with Crippen LogP contribution in [0.15, 0.2) is 60.7 Å². The molecule has 4 N–H and O–H groups in total. The lowest BCUT2D eigenvalue weighted by Crippen LogP contribution is -2.59. The number of nitrogens with one attached hydrogen (secondary N) is 3. The normalized spacial score (nSPS) is 23.1. The maximum absolute atomic E-state index is 14.1. The number of aromatic nitrogens is 2. The summed E-state index contributed by atoms with van der Waals surface area (Å²) < 4.78 is 10.6. The van der Waals surface area contributed by atoms with Crippen LogP contribution in [0, 0.1) is 0 Å². The Morgan fingerprint density at radius 1 is 0.979 bits per heavy atom. The van der Waals surface area contributed by atoms with Gasteiger partial charge in [0, 0.05) is 53.7 Å². The van der Waals surface area contributed by atoms with Crippen LogP contribution in [-0.2, 0) is 20.1 Å². The van der Waals surface area contributed by atoms with Crippen molar-refractivity contribution in [2.75, 3.05) is 33.7 Å². The zero-order chi connectivity index (χ0) is 32.8. The van der Waals surface area contributed by atoms with Gasteiger partial charge in [-0.05, 0) is 39.6 Å². The lowest BCUT2D eigenvalue weighted by atomic mass is 9.87. The molecule has 0 aliphatic carbocycles. The molecule has 12 heteroatoms. The topological polar surface area (TPSA) is 147 Å². The number of ether oxygens (including phenoxy) is 1. The van der Waals surface area contributed by atoms with E-state index in [0.29, 0.717) is 57.8 Å². The summed E-state index contributed by atoms with van der Waals surface area (Å²) in [5, 5.41) is 23.4. The van der Waals surface area contributed by atoms with E-state index in [2.05, 4.69) is 16.0 Å². The van der Waals surface area contributed by atoms with E-state index in [1.54, 1.807) is 13.0 Å². The van der Waals surface area contributed by atoms with E-state index in [-0.39, 0.29) is 24.4 Å². The number of hydrogen-bond donors (Lipinski definition) is 4. The minimum absolute atomic E-state index is 0.0633. The van der Waals surface area contributed by atoms with Gasteiger partial charge < -0.3 is 34.5 Å². The number of para-hydroxylation sites is 2. The second-order valence-corrected chi connectivity index (χ2v) is 12.9. The molecule has 47 heavy (non-hydrogen) atoms. The van der Waals surface area contributed by atoms with E-state index in [1.165, 1.54) is 6.08 Å². The monoisotopic (exact) mass is 634 g/mol. The van der Waals surface area contributed by atoms with E-state index in [1.807, 2.05) is 76.7 Å². The van der Waals surface area contributed by atoms with Gasteiger partial charge in [0.1, 0.15) is 6.23 Å². The highest BCUT2D eigenvalue weighted by molar-refractivity contribution is 6.39. The molecule has 4 amide bonds. The summed E-state index contributed by atoms with van der Waals surface area (Å²) in [6.07, 6.45) is 2.87. The van der Waals surface area contributed by atoms with Crippen LogP contribution in [0.5, 0.6) is 0 Å². The first-order valence-corrected chi connectivity index (χ1v) is 15.7. The predicted molar refractivity (Wildman–Crippen MR) is 176 cm³/mol. The fourth-order valence-electron chi connectivity index (χ4n) is 7.75. The first-order valence-electron chi connectivity index (χ1n) is 15.7. The van der Waals surface area contributed by atoms with Crippen molar-refractivity contribution in [1.29, 1.82) is 0 Å².